The van der Waals surface area contributed by atoms with E-state index in [0.29, 0.717) is 13.2 Å². The van der Waals surface area contributed by atoms with Gasteiger partial charge in [0.2, 0.25) is 0 Å². The Morgan fingerprint density at radius 3 is 1.92 bits per heavy atom. The zero-order chi connectivity index (χ0) is 17.5. The van der Waals surface area contributed by atoms with Crippen molar-refractivity contribution < 1.29 is 9.84 Å². The number of hydrogen-bond donors (Lipinski definition) is 1. The predicted molar refractivity (Wildman–Crippen MR) is 101 cm³/mol. The molecular formula is C21H28N2O2. The Morgan fingerprint density at radius 1 is 0.880 bits per heavy atom. The lowest BCUT2D eigenvalue weighted by Crippen LogP contribution is -2.47. The Balaban J connectivity index is 1.59. The average molecular weight is 340 g/mol. The molecule has 1 saturated heterocycles. The third-order valence-electron chi connectivity index (χ3n) is 4.72. The summed E-state index contributed by atoms with van der Waals surface area (Å²) >= 11 is 0. The van der Waals surface area contributed by atoms with E-state index in [2.05, 4.69) is 41.1 Å². The molecule has 25 heavy (non-hydrogen) atoms. The van der Waals surface area contributed by atoms with E-state index in [1.807, 2.05) is 36.4 Å². The molecule has 2 aromatic carbocycles. The molecule has 0 radical (unpaired) electrons. The first-order valence-corrected chi connectivity index (χ1v) is 9.03. The van der Waals surface area contributed by atoms with Crippen LogP contribution < -0.4 is 0 Å². The molecule has 0 spiro atoms. The van der Waals surface area contributed by atoms with Gasteiger partial charge in [-0.2, -0.15) is 0 Å². The molecule has 1 aliphatic rings. The van der Waals surface area contributed by atoms with E-state index in [1.165, 1.54) is 0 Å². The van der Waals surface area contributed by atoms with Crippen LogP contribution in [-0.2, 0) is 4.74 Å². The van der Waals surface area contributed by atoms with E-state index < -0.39 is 6.10 Å². The fourth-order valence-electron chi connectivity index (χ4n) is 3.23. The van der Waals surface area contributed by atoms with Crippen LogP contribution in [0.2, 0.25) is 0 Å². The Morgan fingerprint density at radius 2 is 1.40 bits per heavy atom. The van der Waals surface area contributed by atoms with E-state index in [-0.39, 0.29) is 6.10 Å². The number of piperazine rings is 1. The molecule has 0 unspecified atom stereocenters. The molecule has 0 aliphatic carbocycles. The Kier molecular flexibility index (Phi) is 6.59. The van der Waals surface area contributed by atoms with E-state index >= 15 is 0 Å². The summed E-state index contributed by atoms with van der Waals surface area (Å²) in [7, 11) is 2.14. The summed E-state index contributed by atoms with van der Waals surface area (Å²) in [6.07, 6.45) is -0.622. The van der Waals surface area contributed by atoms with Crippen molar-refractivity contribution in [2.75, 3.05) is 46.4 Å². The van der Waals surface area contributed by atoms with Gasteiger partial charge in [-0.15, -0.1) is 0 Å². The molecule has 1 aliphatic heterocycles. The Bertz CT molecular complexity index is 573. The molecule has 2 aromatic rings. The zero-order valence-corrected chi connectivity index (χ0v) is 14.9. The van der Waals surface area contributed by atoms with E-state index in [9.17, 15) is 5.11 Å². The summed E-state index contributed by atoms with van der Waals surface area (Å²) in [6, 6.07) is 20.4. The number of ether oxygens (including phenoxy) is 1. The summed E-state index contributed by atoms with van der Waals surface area (Å²) < 4.78 is 6.15. The fourth-order valence-corrected chi connectivity index (χ4v) is 3.23. The van der Waals surface area contributed by atoms with Gasteiger partial charge in [-0.1, -0.05) is 60.7 Å². The second-order valence-electron chi connectivity index (χ2n) is 6.79. The minimum absolute atomic E-state index is 0.149. The summed E-state index contributed by atoms with van der Waals surface area (Å²) in [4.78, 5) is 4.63. The van der Waals surface area contributed by atoms with Gasteiger partial charge >= 0.3 is 0 Å². The Labute approximate surface area is 150 Å². The monoisotopic (exact) mass is 340 g/mol. The Hall–Kier alpha value is -1.72. The van der Waals surface area contributed by atoms with Crippen LogP contribution in [0.1, 0.15) is 17.2 Å². The fraction of sp³-hybridized carbons (Fsp3) is 0.429. The molecule has 1 heterocycles. The second-order valence-corrected chi connectivity index (χ2v) is 6.79. The number of aliphatic hydroxyl groups excluding tert-OH is 1. The maximum atomic E-state index is 10.4. The predicted octanol–water partition coefficient (Wildman–Crippen LogP) is 2.40. The molecule has 0 saturated carbocycles. The van der Waals surface area contributed by atoms with Crippen molar-refractivity contribution in [1.29, 1.82) is 0 Å². The lowest BCUT2D eigenvalue weighted by molar-refractivity contribution is -0.0134. The van der Waals surface area contributed by atoms with Crippen molar-refractivity contribution in [3.05, 3.63) is 71.8 Å². The summed E-state index contributed by atoms with van der Waals surface area (Å²) in [5.74, 6) is 0. The van der Waals surface area contributed by atoms with Crippen LogP contribution >= 0.6 is 0 Å². The number of rotatable bonds is 7. The SMILES string of the molecule is CN1CCN(C[C@@H](O)COC(c2ccccc2)c2ccccc2)CC1. The van der Waals surface area contributed by atoms with Gasteiger partial charge in [0, 0.05) is 32.7 Å². The quantitative estimate of drug-likeness (QED) is 0.840. The van der Waals surface area contributed by atoms with Gasteiger partial charge in [-0.25, -0.2) is 0 Å². The van der Waals surface area contributed by atoms with E-state index in [0.717, 1.165) is 37.3 Å². The van der Waals surface area contributed by atoms with Gasteiger partial charge in [0.15, 0.2) is 0 Å². The molecule has 4 heteroatoms. The number of likely N-dealkylation sites (N-methyl/N-ethyl adjacent to an activating group) is 1. The lowest BCUT2D eigenvalue weighted by atomic mass is 10.0. The minimum Gasteiger partial charge on any atom is -0.389 e. The van der Waals surface area contributed by atoms with E-state index in [4.69, 9.17) is 4.74 Å². The van der Waals surface area contributed by atoms with Crippen LogP contribution in [0, 0.1) is 0 Å². The van der Waals surface area contributed by atoms with E-state index in [1.54, 1.807) is 0 Å². The van der Waals surface area contributed by atoms with Crippen molar-refractivity contribution in [2.45, 2.75) is 12.2 Å². The average Bonchev–Trinajstić information content (AvgIpc) is 2.66. The summed E-state index contributed by atoms with van der Waals surface area (Å²) in [5.41, 5.74) is 2.22. The maximum Gasteiger partial charge on any atom is 0.108 e. The van der Waals surface area contributed by atoms with Crippen LogP contribution in [-0.4, -0.2) is 67.4 Å². The number of nitrogens with zero attached hydrogens (tertiary/aromatic N) is 2. The van der Waals surface area contributed by atoms with Gasteiger partial charge < -0.3 is 14.7 Å². The molecule has 1 fully saturated rings. The first-order valence-electron chi connectivity index (χ1n) is 9.03. The lowest BCUT2D eigenvalue weighted by Gasteiger charge is -2.33. The van der Waals surface area contributed by atoms with Crippen LogP contribution in [0.3, 0.4) is 0 Å². The molecule has 4 nitrogen and oxygen atoms in total. The van der Waals surface area contributed by atoms with Crippen molar-refractivity contribution >= 4 is 0 Å². The molecule has 0 aromatic heterocycles. The number of β-amino-alcohol motifs (C(OH)–C–C–N with tert-alkyl or cyclic N) is 1. The number of aliphatic hydroxyl groups is 1. The van der Waals surface area contributed by atoms with Crippen LogP contribution in [0.5, 0.6) is 0 Å². The number of benzene rings is 2. The topological polar surface area (TPSA) is 35.9 Å². The molecule has 0 bridgehead atoms. The normalized spacial score (nSPS) is 17.7. The molecule has 1 atom stereocenters. The summed E-state index contributed by atoms with van der Waals surface area (Å²) in [6.45, 7) is 5.14. The standard InChI is InChI=1S/C21H28N2O2/c1-22-12-14-23(15-13-22)16-20(24)17-25-21(18-8-4-2-5-9-18)19-10-6-3-7-11-19/h2-11,20-21,24H,12-17H2,1H3/t20-/m1/s1. The third-order valence-corrected chi connectivity index (χ3v) is 4.72. The highest BCUT2D eigenvalue weighted by Gasteiger charge is 2.20. The first-order chi connectivity index (χ1) is 12.2. The van der Waals surface area contributed by atoms with Crippen LogP contribution in [0.4, 0.5) is 0 Å². The third kappa shape index (κ3) is 5.38. The van der Waals surface area contributed by atoms with Crippen molar-refractivity contribution in [3.8, 4) is 0 Å². The maximum absolute atomic E-state index is 10.4. The highest BCUT2D eigenvalue weighted by Crippen LogP contribution is 2.25. The zero-order valence-electron chi connectivity index (χ0n) is 14.9. The molecule has 134 valence electrons. The summed E-state index contributed by atoms with van der Waals surface area (Å²) in [5, 5.41) is 10.4. The van der Waals surface area contributed by atoms with Gasteiger partial charge in [-0.05, 0) is 18.2 Å². The van der Waals surface area contributed by atoms with Crippen molar-refractivity contribution in [2.24, 2.45) is 0 Å². The van der Waals surface area contributed by atoms with Gasteiger partial charge in [0.25, 0.3) is 0 Å². The van der Waals surface area contributed by atoms with Gasteiger partial charge in [-0.3, -0.25) is 4.90 Å². The molecular weight excluding hydrogens is 312 g/mol. The molecule has 1 N–H and O–H groups in total. The smallest absolute Gasteiger partial charge is 0.108 e. The largest absolute Gasteiger partial charge is 0.389 e. The highest BCUT2D eigenvalue weighted by atomic mass is 16.5. The van der Waals surface area contributed by atoms with Crippen molar-refractivity contribution in [3.63, 3.8) is 0 Å². The number of hydrogen-bond acceptors (Lipinski definition) is 4. The van der Waals surface area contributed by atoms with Gasteiger partial charge in [0.1, 0.15) is 6.10 Å². The van der Waals surface area contributed by atoms with Gasteiger partial charge in [0.05, 0.1) is 12.7 Å². The van der Waals surface area contributed by atoms with Crippen LogP contribution in [0.15, 0.2) is 60.7 Å². The minimum atomic E-state index is -0.474. The molecule has 0 amide bonds. The highest BCUT2D eigenvalue weighted by molar-refractivity contribution is 5.29. The molecule has 3 rings (SSSR count). The first kappa shape index (κ1) is 18.1. The van der Waals surface area contributed by atoms with Crippen molar-refractivity contribution in [1.82, 2.24) is 9.80 Å². The van der Waals surface area contributed by atoms with Crippen LogP contribution in [0.25, 0.3) is 0 Å². The second kappa shape index (κ2) is 9.11.